The van der Waals surface area contributed by atoms with E-state index >= 15 is 0 Å². The highest BCUT2D eigenvalue weighted by Crippen LogP contribution is 2.41. The summed E-state index contributed by atoms with van der Waals surface area (Å²) in [5.41, 5.74) is 4.26. The number of hydrogen-bond donors (Lipinski definition) is 1. The molecule has 1 N–H and O–H groups in total. The standard InChI is InChI=1S/C16H22N2S/c1-11-5-4-6-13-14(11)17-15(19)18(13)12-7-9-16(2,3)10-8-12/h4-6,12H,7-10H2,1-3H3,(H,17,19). The first-order valence-corrected chi connectivity index (χ1v) is 7.59. The van der Waals surface area contributed by atoms with E-state index in [1.54, 1.807) is 0 Å². The van der Waals surface area contributed by atoms with Gasteiger partial charge in [0.25, 0.3) is 0 Å². The van der Waals surface area contributed by atoms with E-state index in [4.69, 9.17) is 12.2 Å². The summed E-state index contributed by atoms with van der Waals surface area (Å²) < 4.78 is 3.24. The summed E-state index contributed by atoms with van der Waals surface area (Å²) in [6.45, 7) is 6.89. The Hall–Kier alpha value is -1.09. The fourth-order valence-electron chi connectivity index (χ4n) is 3.30. The van der Waals surface area contributed by atoms with Crippen molar-refractivity contribution in [2.75, 3.05) is 0 Å². The van der Waals surface area contributed by atoms with Crippen LogP contribution in [0.5, 0.6) is 0 Å². The second kappa shape index (κ2) is 4.48. The summed E-state index contributed by atoms with van der Waals surface area (Å²) in [5.74, 6) is 0. The summed E-state index contributed by atoms with van der Waals surface area (Å²) in [7, 11) is 0. The van der Waals surface area contributed by atoms with Crippen molar-refractivity contribution in [3.8, 4) is 0 Å². The highest BCUT2D eigenvalue weighted by Gasteiger charge is 2.28. The van der Waals surface area contributed by atoms with Crippen LogP contribution in [0.4, 0.5) is 0 Å². The molecule has 3 rings (SSSR count). The van der Waals surface area contributed by atoms with Crippen LogP contribution in [0.25, 0.3) is 11.0 Å². The number of H-pyrrole nitrogens is 1. The largest absolute Gasteiger partial charge is 0.330 e. The van der Waals surface area contributed by atoms with E-state index in [0.717, 1.165) is 4.77 Å². The number of nitrogens with one attached hydrogen (secondary N) is 1. The number of hydrogen-bond acceptors (Lipinski definition) is 1. The molecule has 2 nitrogen and oxygen atoms in total. The lowest BCUT2D eigenvalue weighted by Gasteiger charge is -2.35. The Morgan fingerprint density at radius 2 is 1.95 bits per heavy atom. The van der Waals surface area contributed by atoms with E-state index in [9.17, 15) is 0 Å². The number of rotatable bonds is 1. The van der Waals surface area contributed by atoms with Gasteiger partial charge in [0.05, 0.1) is 11.0 Å². The van der Waals surface area contributed by atoms with Crippen molar-refractivity contribution in [2.24, 2.45) is 5.41 Å². The zero-order valence-corrected chi connectivity index (χ0v) is 12.8. The van der Waals surface area contributed by atoms with Crippen molar-refractivity contribution in [3.05, 3.63) is 28.5 Å². The van der Waals surface area contributed by atoms with Gasteiger partial charge in [-0.2, -0.15) is 0 Å². The van der Waals surface area contributed by atoms with Crippen LogP contribution in [0.15, 0.2) is 18.2 Å². The van der Waals surface area contributed by atoms with Crippen molar-refractivity contribution in [3.63, 3.8) is 0 Å². The fraction of sp³-hybridized carbons (Fsp3) is 0.562. The van der Waals surface area contributed by atoms with Crippen LogP contribution in [-0.4, -0.2) is 9.55 Å². The molecule has 1 heterocycles. The quantitative estimate of drug-likeness (QED) is 0.713. The van der Waals surface area contributed by atoms with Gasteiger partial charge in [-0.25, -0.2) is 0 Å². The Balaban J connectivity index is 2.04. The van der Waals surface area contributed by atoms with Gasteiger partial charge in [0.2, 0.25) is 0 Å². The minimum absolute atomic E-state index is 0.501. The lowest BCUT2D eigenvalue weighted by atomic mass is 9.75. The van der Waals surface area contributed by atoms with Gasteiger partial charge in [0.1, 0.15) is 0 Å². The van der Waals surface area contributed by atoms with Crippen LogP contribution < -0.4 is 0 Å². The summed E-state index contributed by atoms with van der Waals surface area (Å²) in [5, 5.41) is 0. The van der Waals surface area contributed by atoms with Crippen molar-refractivity contribution in [1.29, 1.82) is 0 Å². The number of nitrogens with zero attached hydrogens (tertiary/aromatic N) is 1. The SMILES string of the molecule is Cc1cccc2c1[nH]c(=S)n2C1CCC(C)(C)CC1. The van der Waals surface area contributed by atoms with Crippen LogP contribution in [0, 0.1) is 17.1 Å². The molecule has 1 fully saturated rings. The molecule has 1 aliphatic rings. The molecule has 2 aromatic rings. The normalized spacial score (nSPS) is 19.9. The Morgan fingerprint density at radius 1 is 1.26 bits per heavy atom. The van der Waals surface area contributed by atoms with E-state index in [-0.39, 0.29) is 0 Å². The first-order chi connectivity index (χ1) is 8.98. The molecule has 0 saturated heterocycles. The van der Waals surface area contributed by atoms with E-state index in [1.165, 1.54) is 42.3 Å². The first-order valence-electron chi connectivity index (χ1n) is 7.18. The van der Waals surface area contributed by atoms with Gasteiger partial charge >= 0.3 is 0 Å². The van der Waals surface area contributed by atoms with Gasteiger partial charge < -0.3 is 9.55 Å². The molecule has 0 amide bonds. The molecule has 0 unspecified atom stereocenters. The Labute approximate surface area is 119 Å². The Kier molecular flexibility index (Phi) is 3.05. The highest BCUT2D eigenvalue weighted by atomic mass is 32.1. The number of imidazole rings is 1. The third-order valence-electron chi connectivity index (χ3n) is 4.63. The molecule has 0 radical (unpaired) electrons. The molecular formula is C16H22N2S. The molecule has 0 bridgehead atoms. The van der Waals surface area contributed by atoms with E-state index in [0.29, 0.717) is 11.5 Å². The molecule has 19 heavy (non-hydrogen) atoms. The van der Waals surface area contributed by atoms with Crippen LogP contribution >= 0.6 is 12.2 Å². The highest BCUT2D eigenvalue weighted by molar-refractivity contribution is 7.71. The van der Waals surface area contributed by atoms with E-state index < -0.39 is 0 Å². The molecule has 102 valence electrons. The van der Waals surface area contributed by atoms with Crippen molar-refractivity contribution in [1.82, 2.24) is 9.55 Å². The van der Waals surface area contributed by atoms with Crippen LogP contribution in [0.2, 0.25) is 0 Å². The topological polar surface area (TPSA) is 20.7 Å². The molecule has 1 aliphatic carbocycles. The number of aromatic nitrogens is 2. The molecule has 1 aromatic heterocycles. The lowest BCUT2D eigenvalue weighted by Crippen LogP contribution is -2.23. The minimum Gasteiger partial charge on any atom is -0.330 e. The predicted molar refractivity (Wildman–Crippen MR) is 83.1 cm³/mol. The van der Waals surface area contributed by atoms with Crippen LogP contribution in [-0.2, 0) is 0 Å². The third kappa shape index (κ3) is 2.25. The summed E-state index contributed by atoms with van der Waals surface area (Å²) >= 11 is 5.56. The lowest BCUT2D eigenvalue weighted by molar-refractivity contribution is 0.195. The molecule has 0 aliphatic heterocycles. The first kappa shape index (κ1) is 12.9. The molecule has 0 atom stereocenters. The Bertz CT molecular complexity index is 653. The number of para-hydroxylation sites is 1. The molecule has 3 heteroatoms. The number of aryl methyl sites for hydroxylation is 1. The molecule has 0 spiro atoms. The van der Waals surface area contributed by atoms with Gasteiger partial charge in [-0.3, -0.25) is 0 Å². The third-order valence-corrected chi connectivity index (χ3v) is 4.93. The maximum atomic E-state index is 5.56. The number of aromatic amines is 1. The summed E-state index contributed by atoms with van der Waals surface area (Å²) in [6.07, 6.45) is 5.06. The smallest absolute Gasteiger partial charge is 0.178 e. The fourth-order valence-corrected chi connectivity index (χ4v) is 3.65. The van der Waals surface area contributed by atoms with Gasteiger partial charge in [-0.15, -0.1) is 0 Å². The average molecular weight is 274 g/mol. The van der Waals surface area contributed by atoms with Crippen LogP contribution in [0.1, 0.15) is 51.1 Å². The minimum atomic E-state index is 0.501. The molecular weight excluding hydrogens is 252 g/mol. The van der Waals surface area contributed by atoms with Gasteiger partial charge in [0, 0.05) is 6.04 Å². The maximum Gasteiger partial charge on any atom is 0.178 e. The van der Waals surface area contributed by atoms with Crippen molar-refractivity contribution in [2.45, 2.75) is 52.5 Å². The average Bonchev–Trinajstić information content (AvgIpc) is 2.68. The van der Waals surface area contributed by atoms with Crippen molar-refractivity contribution < 1.29 is 0 Å². The zero-order chi connectivity index (χ0) is 13.6. The molecule has 1 saturated carbocycles. The molecule has 1 aromatic carbocycles. The number of benzene rings is 1. The zero-order valence-electron chi connectivity index (χ0n) is 12.0. The van der Waals surface area contributed by atoms with Crippen LogP contribution in [0.3, 0.4) is 0 Å². The van der Waals surface area contributed by atoms with Gasteiger partial charge in [0.15, 0.2) is 4.77 Å². The Morgan fingerprint density at radius 3 is 2.63 bits per heavy atom. The second-order valence-electron chi connectivity index (χ2n) is 6.66. The maximum absolute atomic E-state index is 5.56. The number of fused-ring (bicyclic) bond motifs is 1. The van der Waals surface area contributed by atoms with Gasteiger partial charge in [-0.05, 0) is 61.9 Å². The van der Waals surface area contributed by atoms with Gasteiger partial charge in [-0.1, -0.05) is 26.0 Å². The second-order valence-corrected chi connectivity index (χ2v) is 7.05. The predicted octanol–water partition coefficient (Wildman–Crippen LogP) is 5.15. The summed E-state index contributed by atoms with van der Waals surface area (Å²) in [6, 6.07) is 7.02. The van der Waals surface area contributed by atoms with E-state index in [1.807, 2.05) is 0 Å². The van der Waals surface area contributed by atoms with E-state index in [2.05, 4.69) is 48.5 Å². The van der Waals surface area contributed by atoms with Crippen molar-refractivity contribution >= 4 is 23.3 Å². The summed E-state index contributed by atoms with van der Waals surface area (Å²) in [4.78, 5) is 3.39. The monoisotopic (exact) mass is 274 g/mol.